The summed E-state index contributed by atoms with van der Waals surface area (Å²) in [6.07, 6.45) is 0. The van der Waals surface area contributed by atoms with Crippen LogP contribution in [0.2, 0.25) is 0 Å². The molecule has 3 aromatic rings. The fourth-order valence-corrected chi connectivity index (χ4v) is 5.26. The van der Waals surface area contributed by atoms with Gasteiger partial charge in [-0.2, -0.15) is 0 Å². The lowest BCUT2D eigenvalue weighted by molar-refractivity contribution is 1.40. The van der Waals surface area contributed by atoms with Crippen LogP contribution in [0.15, 0.2) is 11.0 Å². The minimum absolute atomic E-state index is 0.984. The van der Waals surface area contributed by atoms with Crippen molar-refractivity contribution in [2.75, 3.05) is 0 Å². The van der Waals surface area contributed by atoms with Crippen LogP contribution in [0.3, 0.4) is 0 Å². The largest absolute Gasteiger partial charge is 0.273 e. The summed E-state index contributed by atoms with van der Waals surface area (Å²) >= 11 is 6.80. The number of nitrogens with zero attached hydrogens (tertiary/aromatic N) is 2. The fraction of sp³-hybridized carbons (Fsp3) is 0. The second-order valence-corrected chi connectivity index (χ2v) is 8.46. The Morgan fingerprint density at radius 3 is 2.94 bits per heavy atom. The average Bonchev–Trinajstić information content (AvgIpc) is 2.74. The monoisotopic (exact) mass is 397 g/mol. The van der Waals surface area contributed by atoms with Gasteiger partial charge in [-0.1, -0.05) is 9.24 Å². The lowest BCUT2D eigenvalue weighted by Crippen LogP contribution is -1.84. The molecule has 1 atom stereocenters. The molecule has 0 bridgehead atoms. The number of halogens is 1. The Morgan fingerprint density at radius 2 is 2.19 bits per heavy atom. The molecule has 0 aliphatic heterocycles. The molecule has 16 heavy (non-hydrogen) atoms. The second kappa shape index (κ2) is 4.29. The second-order valence-electron chi connectivity index (χ2n) is 3.04. The minimum atomic E-state index is 0.984. The van der Waals surface area contributed by atoms with Crippen LogP contribution in [0.4, 0.5) is 0 Å². The van der Waals surface area contributed by atoms with Crippen molar-refractivity contribution in [3.05, 3.63) is 9.08 Å². The van der Waals surface area contributed by atoms with E-state index in [-0.39, 0.29) is 0 Å². The topological polar surface area (TPSA) is 51.8 Å². The van der Waals surface area contributed by atoms with Gasteiger partial charge in [0.25, 0.3) is 0 Å². The summed E-state index contributed by atoms with van der Waals surface area (Å²) in [5, 5.41) is 5.75. The fourth-order valence-electron chi connectivity index (χ4n) is 1.52. The van der Waals surface area contributed by atoms with Crippen molar-refractivity contribution in [1.29, 1.82) is 0 Å². The van der Waals surface area contributed by atoms with Crippen LogP contribution < -0.4 is 9.89 Å². The summed E-state index contributed by atoms with van der Waals surface area (Å²) in [5.41, 5.74) is 2.01. The van der Waals surface area contributed by atoms with Crippen LogP contribution >= 0.6 is 66.5 Å². The molecule has 8 heteroatoms. The zero-order valence-electron chi connectivity index (χ0n) is 7.73. The van der Waals surface area contributed by atoms with E-state index >= 15 is 0 Å². The van der Waals surface area contributed by atoms with E-state index in [0.29, 0.717) is 0 Å². The quantitative estimate of drug-likeness (QED) is 0.390. The lowest BCUT2D eigenvalue weighted by Gasteiger charge is -1.98. The van der Waals surface area contributed by atoms with Gasteiger partial charge in [0, 0.05) is 0 Å². The van der Waals surface area contributed by atoms with E-state index in [0.717, 1.165) is 33.1 Å². The van der Waals surface area contributed by atoms with Gasteiger partial charge in [-0.25, -0.2) is 9.97 Å². The number of rotatable bonds is 1. The normalized spacial score (nSPS) is 11.7. The molecule has 0 aliphatic rings. The Balaban J connectivity index is 2.53. The molecule has 0 radical (unpaired) electrons. The Labute approximate surface area is 120 Å². The number of hydrogen-bond donors (Lipinski definition) is 1. The Bertz CT molecular complexity index is 638. The van der Waals surface area contributed by atoms with E-state index < -0.39 is 0 Å². The molecule has 0 fully saturated rings. The van der Waals surface area contributed by atoms with E-state index in [1.165, 1.54) is 11.9 Å². The minimum Gasteiger partial charge on any atom is -0.273 e. The van der Waals surface area contributed by atoms with Gasteiger partial charge in [-0.05, 0) is 40.6 Å². The van der Waals surface area contributed by atoms with Crippen LogP contribution in [0, 0.1) is 3.01 Å². The van der Waals surface area contributed by atoms with E-state index in [2.05, 4.69) is 47.9 Å². The Morgan fingerprint density at radius 1 is 1.38 bits per heavy atom. The van der Waals surface area contributed by atoms with Crippen molar-refractivity contribution in [1.82, 2.24) is 9.97 Å². The van der Waals surface area contributed by atoms with Gasteiger partial charge < -0.3 is 0 Å². The number of nitrogens with two attached hydrogens (primary N) is 1. The summed E-state index contributed by atoms with van der Waals surface area (Å²) in [6, 6.07) is 2.09. The van der Waals surface area contributed by atoms with E-state index in [4.69, 9.17) is 5.14 Å². The maximum Gasteiger partial charge on any atom is 0.155 e. The molecule has 0 amide bonds. The first-order valence-corrected chi connectivity index (χ1v) is 8.37. The van der Waals surface area contributed by atoms with Gasteiger partial charge >= 0.3 is 0 Å². The van der Waals surface area contributed by atoms with Gasteiger partial charge in [0.05, 0.1) is 25.3 Å². The molecule has 3 nitrogen and oxygen atoms in total. The Hall–Kier alpha value is 0.470. The molecule has 1 aromatic carbocycles. The van der Waals surface area contributed by atoms with Gasteiger partial charge in [0.1, 0.15) is 4.75 Å². The Kier molecular flexibility index (Phi) is 3.10. The summed E-state index contributed by atoms with van der Waals surface area (Å²) < 4.78 is 4.30. The van der Waals surface area contributed by atoms with Crippen molar-refractivity contribution in [3.8, 4) is 0 Å². The molecular weight excluding hydrogens is 392 g/mol. The molecular formula is C8H5IN3PS3. The molecule has 0 saturated carbocycles. The number of hydrogen-bond acceptors (Lipinski definition) is 6. The predicted molar refractivity (Wildman–Crippen MR) is 84.9 cm³/mol. The van der Waals surface area contributed by atoms with Crippen LogP contribution in [0.25, 0.3) is 20.4 Å². The standard InChI is InChI=1S/C8H5IN3PS3/c9-7-12-4-3(14-7)1-2-5(6(4)16-10)15-8(13)11-2/h1H,10,13H2. The van der Waals surface area contributed by atoms with Crippen molar-refractivity contribution in [3.63, 3.8) is 0 Å². The van der Waals surface area contributed by atoms with Crippen molar-refractivity contribution >= 4 is 91.6 Å². The molecule has 3 rings (SSSR count). The van der Waals surface area contributed by atoms with Gasteiger partial charge in [-0.15, -0.1) is 22.7 Å². The van der Waals surface area contributed by atoms with Crippen molar-refractivity contribution in [2.45, 2.75) is 4.90 Å². The third kappa shape index (κ3) is 1.77. The molecule has 1 unspecified atom stereocenters. The van der Waals surface area contributed by atoms with Crippen LogP contribution in [0.5, 0.6) is 0 Å². The molecule has 2 aromatic heterocycles. The molecule has 2 heterocycles. The number of benzene rings is 1. The molecule has 0 aliphatic carbocycles. The summed E-state index contributed by atoms with van der Waals surface area (Å²) in [4.78, 5) is 10.0. The first-order chi connectivity index (χ1) is 7.69. The molecule has 2 N–H and O–H groups in total. The highest BCUT2D eigenvalue weighted by atomic mass is 127. The van der Waals surface area contributed by atoms with E-state index in [1.54, 1.807) is 22.7 Å². The molecule has 82 valence electrons. The highest BCUT2D eigenvalue weighted by Gasteiger charge is 2.14. The molecule has 0 saturated heterocycles. The summed E-state index contributed by atoms with van der Waals surface area (Å²) in [5.74, 6) is 0. The third-order valence-corrected chi connectivity index (χ3v) is 5.96. The van der Waals surface area contributed by atoms with Gasteiger partial charge in [-0.3, -0.25) is 5.14 Å². The smallest absolute Gasteiger partial charge is 0.155 e. The molecule has 0 spiro atoms. The highest BCUT2D eigenvalue weighted by Crippen LogP contribution is 2.37. The number of fused-ring (bicyclic) bond motifs is 2. The zero-order chi connectivity index (χ0) is 11.3. The first kappa shape index (κ1) is 11.6. The van der Waals surface area contributed by atoms with Crippen LogP contribution in [0.1, 0.15) is 0 Å². The SMILES string of the molecule is NSc1c2nc(I)sc2cc2nc(P)sc12. The zero-order valence-corrected chi connectivity index (χ0v) is 13.5. The third-order valence-electron chi connectivity index (χ3n) is 2.10. The lowest BCUT2D eigenvalue weighted by atomic mass is 10.3. The average molecular weight is 397 g/mol. The van der Waals surface area contributed by atoms with E-state index in [9.17, 15) is 0 Å². The summed E-state index contributed by atoms with van der Waals surface area (Å²) in [7, 11) is 2.63. The highest BCUT2D eigenvalue weighted by molar-refractivity contribution is 14.1. The number of thiazole rings is 2. The predicted octanol–water partition coefficient (Wildman–Crippen LogP) is 2.98. The number of aromatic nitrogens is 2. The van der Waals surface area contributed by atoms with E-state index in [1.807, 2.05) is 0 Å². The maximum absolute atomic E-state index is 5.75. The van der Waals surface area contributed by atoms with Crippen LogP contribution in [-0.2, 0) is 0 Å². The van der Waals surface area contributed by atoms with Crippen molar-refractivity contribution < 1.29 is 0 Å². The van der Waals surface area contributed by atoms with Gasteiger partial charge in [0.2, 0.25) is 0 Å². The maximum atomic E-state index is 5.75. The van der Waals surface area contributed by atoms with Gasteiger partial charge in [0.15, 0.2) is 3.01 Å². The van der Waals surface area contributed by atoms with Crippen molar-refractivity contribution in [2.24, 2.45) is 5.14 Å². The summed E-state index contributed by atoms with van der Waals surface area (Å²) in [6.45, 7) is 0. The van der Waals surface area contributed by atoms with Crippen LogP contribution in [-0.4, -0.2) is 9.97 Å². The first-order valence-electron chi connectivity index (χ1n) is 4.21.